The van der Waals surface area contributed by atoms with Gasteiger partial charge in [-0.1, -0.05) is 0 Å². The van der Waals surface area contributed by atoms with Gasteiger partial charge in [-0.15, -0.1) is 5.10 Å². The number of ether oxygens (including phenoxy) is 1. The highest BCUT2D eigenvalue weighted by Gasteiger charge is 2.38. The third-order valence-electron chi connectivity index (χ3n) is 4.82. The molecule has 0 radical (unpaired) electrons. The van der Waals surface area contributed by atoms with E-state index in [1.807, 2.05) is 11.8 Å². The zero-order valence-electron chi connectivity index (χ0n) is 12.6. The SMILES string of the molecule is Cc1nnnn1CCC(=O)N1CCCC2(CCOCC2)C1. The van der Waals surface area contributed by atoms with E-state index in [4.69, 9.17) is 4.74 Å². The number of rotatable bonds is 3. The van der Waals surface area contributed by atoms with Gasteiger partial charge in [0.15, 0.2) is 0 Å². The summed E-state index contributed by atoms with van der Waals surface area (Å²) < 4.78 is 7.16. The maximum atomic E-state index is 12.4. The van der Waals surface area contributed by atoms with Gasteiger partial charge in [-0.2, -0.15) is 0 Å². The topological polar surface area (TPSA) is 73.1 Å². The lowest BCUT2D eigenvalue weighted by Gasteiger charge is -2.45. The molecule has 0 aromatic carbocycles. The van der Waals surface area contributed by atoms with Gasteiger partial charge < -0.3 is 9.64 Å². The molecule has 7 heteroatoms. The van der Waals surface area contributed by atoms with E-state index in [2.05, 4.69) is 15.5 Å². The molecule has 1 amide bonds. The normalized spacial score (nSPS) is 21.7. The van der Waals surface area contributed by atoms with E-state index in [-0.39, 0.29) is 5.91 Å². The highest BCUT2D eigenvalue weighted by atomic mass is 16.5. The minimum absolute atomic E-state index is 0.218. The maximum absolute atomic E-state index is 12.4. The molecule has 2 fully saturated rings. The van der Waals surface area contributed by atoms with Crippen molar-refractivity contribution in [1.82, 2.24) is 25.1 Å². The van der Waals surface area contributed by atoms with Crippen molar-refractivity contribution in [3.05, 3.63) is 5.82 Å². The summed E-state index contributed by atoms with van der Waals surface area (Å²) in [6.45, 7) is 5.87. The van der Waals surface area contributed by atoms with Crippen molar-refractivity contribution >= 4 is 5.91 Å². The highest BCUT2D eigenvalue weighted by molar-refractivity contribution is 5.76. The number of likely N-dealkylation sites (tertiary alicyclic amines) is 1. The quantitative estimate of drug-likeness (QED) is 0.824. The van der Waals surface area contributed by atoms with Gasteiger partial charge in [0, 0.05) is 32.7 Å². The maximum Gasteiger partial charge on any atom is 0.224 e. The molecule has 1 aromatic rings. The molecule has 0 N–H and O–H groups in total. The summed E-state index contributed by atoms with van der Waals surface area (Å²) in [6.07, 6.45) is 4.98. The second kappa shape index (κ2) is 6.09. The molecule has 1 spiro atoms. The number of piperidine rings is 1. The minimum Gasteiger partial charge on any atom is -0.381 e. The van der Waals surface area contributed by atoms with Crippen LogP contribution in [0.15, 0.2) is 0 Å². The Morgan fingerprint density at radius 1 is 1.33 bits per heavy atom. The summed E-state index contributed by atoms with van der Waals surface area (Å²) in [5.41, 5.74) is 0.302. The average molecular weight is 293 g/mol. The van der Waals surface area contributed by atoms with E-state index in [9.17, 15) is 4.79 Å². The molecule has 2 saturated heterocycles. The van der Waals surface area contributed by atoms with Crippen molar-refractivity contribution in [3.8, 4) is 0 Å². The largest absolute Gasteiger partial charge is 0.381 e. The van der Waals surface area contributed by atoms with Crippen LogP contribution < -0.4 is 0 Å². The molecule has 2 aliphatic heterocycles. The Bertz CT molecular complexity index is 490. The van der Waals surface area contributed by atoms with E-state index in [1.165, 1.54) is 6.42 Å². The van der Waals surface area contributed by atoms with Crippen LogP contribution in [0.2, 0.25) is 0 Å². The Morgan fingerprint density at radius 3 is 2.86 bits per heavy atom. The van der Waals surface area contributed by atoms with Crippen molar-refractivity contribution in [3.63, 3.8) is 0 Å². The number of aryl methyl sites for hydroxylation is 2. The van der Waals surface area contributed by atoms with Crippen molar-refractivity contribution < 1.29 is 9.53 Å². The summed E-state index contributed by atoms with van der Waals surface area (Å²) in [5.74, 6) is 0.970. The van der Waals surface area contributed by atoms with Crippen molar-refractivity contribution in [2.75, 3.05) is 26.3 Å². The molecule has 3 rings (SSSR count). The van der Waals surface area contributed by atoms with Crippen LogP contribution in [-0.2, 0) is 16.1 Å². The van der Waals surface area contributed by atoms with Gasteiger partial charge in [0.05, 0.1) is 6.54 Å². The molecular formula is C14H23N5O2. The molecule has 1 aromatic heterocycles. The predicted octanol–water partition coefficient (Wildman–Crippen LogP) is 0.791. The Labute approximate surface area is 124 Å². The first kappa shape index (κ1) is 14.4. The Kier molecular flexibility index (Phi) is 4.19. The molecule has 7 nitrogen and oxygen atoms in total. The fourth-order valence-corrected chi connectivity index (χ4v) is 3.45. The van der Waals surface area contributed by atoms with Gasteiger partial charge in [-0.3, -0.25) is 4.79 Å². The van der Waals surface area contributed by atoms with Crippen LogP contribution >= 0.6 is 0 Å². The summed E-state index contributed by atoms with van der Waals surface area (Å²) in [6, 6.07) is 0. The van der Waals surface area contributed by atoms with Crippen LogP contribution in [0.3, 0.4) is 0 Å². The molecule has 3 heterocycles. The first-order chi connectivity index (χ1) is 10.2. The van der Waals surface area contributed by atoms with Crippen LogP contribution in [0.5, 0.6) is 0 Å². The minimum atomic E-state index is 0.218. The Balaban J connectivity index is 1.55. The van der Waals surface area contributed by atoms with Gasteiger partial charge in [0.25, 0.3) is 0 Å². The molecule has 0 bridgehead atoms. The lowest BCUT2D eigenvalue weighted by molar-refractivity contribution is -0.137. The third kappa shape index (κ3) is 3.23. The fourth-order valence-electron chi connectivity index (χ4n) is 3.45. The van der Waals surface area contributed by atoms with Crippen LogP contribution in [0.4, 0.5) is 0 Å². The van der Waals surface area contributed by atoms with Crippen molar-refractivity contribution in [2.45, 2.75) is 45.6 Å². The second-order valence-electron chi connectivity index (χ2n) is 6.23. The molecule has 0 atom stereocenters. The summed E-state index contributed by atoms with van der Waals surface area (Å²) >= 11 is 0. The van der Waals surface area contributed by atoms with E-state index in [0.717, 1.165) is 51.4 Å². The van der Waals surface area contributed by atoms with Gasteiger partial charge in [-0.25, -0.2) is 4.68 Å². The van der Waals surface area contributed by atoms with Crippen LogP contribution in [0.25, 0.3) is 0 Å². The van der Waals surface area contributed by atoms with Crippen LogP contribution in [-0.4, -0.2) is 57.3 Å². The number of hydrogen-bond acceptors (Lipinski definition) is 5. The molecule has 2 aliphatic rings. The number of amides is 1. The van der Waals surface area contributed by atoms with Crippen molar-refractivity contribution in [2.24, 2.45) is 5.41 Å². The van der Waals surface area contributed by atoms with E-state index < -0.39 is 0 Å². The molecule has 116 valence electrons. The van der Waals surface area contributed by atoms with Crippen LogP contribution in [0.1, 0.15) is 37.9 Å². The van der Waals surface area contributed by atoms with Crippen molar-refractivity contribution in [1.29, 1.82) is 0 Å². The van der Waals surface area contributed by atoms with Gasteiger partial charge in [-0.05, 0) is 48.4 Å². The van der Waals surface area contributed by atoms with E-state index >= 15 is 0 Å². The van der Waals surface area contributed by atoms with Crippen LogP contribution in [0, 0.1) is 12.3 Å². The molecule has 0 unspecified atom stereocenters. The number of carbonyl (C=O) groups is 1. The second-order valence-corrected chi connectivity index (χ2v) is 6.23. The zero-order chi connectivity index (χ0) is 14.7. The third-order valence-corrected chi connectivity index (χ3v) is 4.82. The number of hydrogen-bond donors (Lipinski definition) is 0. The Hall–Kier alpha value is -1.50. The molecule has 0 saturated carbocycles. The summed E-state index contributed by atoms with van der Waals surface area (Å²) in [4.78, 5) is 14.5. The first-order valence-corrected chi connectivity index (χ1v) is 7.77. The van der Waals surface area contributed by atoms with E-state index in [1.54, 1.807) is 4.68 Å². The summed E-state index contributed by atoms with van der Waals surface area (Å²) in [7, 11) is 0. The monoisotopic (exact) mass is 293 g/mol. The first-order valence-electron chi connectivity index (χ1n) is 7.77. The predicted molar refractivity (Wildman–Crippen MR) is 75.5 cm³/mol. The number of nitrogens with zero attached hydrogens (tertiary/aromatic N) is 5. The number of aromatic nitrogens is 4. The van der Waals surface area contributed by atoms with Gasteiger partial charge >= 0.3 is 0 Å². The smallest absolute Gasteiger partial charge is 0.224 e. The number of tetrazole rings is 1. The lowest BCUT2D eigenvalue weighted by Crippen LogP contribution is -2.48. The molecular weight excluding hydrogens is 270 g/mol. The standard InChI is InChI=1S/C14H23N5O2/c1-12-15-16-17-19(12)8-3-13(20)18-7-2-4-14(11-18)5-9-21-10-6-14/h2-11H2,1H3. The fraction of sp³-hybridized carbons (Fsp3) is 0.857. The number of carbonyl (C=O) groups excluding carboxylic acids is 1. The van der Waals surface area contributed by atoms with Gasteiger partial charge in [0.1, 0.15) is 5.82 Å². The van der Waals surface area contributed by atoms with Gasteiger partial charge in [0.2, 0.25) is 5.91 Å². The summed E-state index contributed by atoms with van der Waals surface area (Å²) in [5, 5.41) is 11.3. The molecule has 0 aliphatic carbocycles. The van der Waals surface area contributed by atoms with E-state index in [0.29, 0.717) is 18.4 Å². The zero-order valence-corrected chi connectivity index (χ0v) is 12.6. The average Bonchev–Trinajstić information content (AvgIpc) is 2.91. The molecule has 21 heavy (non-hydrogen) atoms. The highest BCUT2D eigenvalue weighted by Crippen LogP contribution is 2.39. The lowest BCUT2D eigenvalue weighted by atomic mass is 9.74. The Morgan fingerprint density at radius 2 is 2.14 bits per heavy atom.